The molecule has 6 heteroatoms. The highest BCUT2D eigenvalue weighted by Crippen LogP contribution is 2.64. The molecule has 2 aromatic rings. The zero-order valence-electron chi connectivity index (χ0n) is 14.4. The number of nitrogens with zero attached hydrogens (tertiary/aromatic N) is 2. The minimum Gasteiger partial charge on any atom is -0.350 e. The van der Waals surface area contributed by atoms with Crippen LogP contribution in [0.15, 0.2) is 35.6 Å². The van der Waals surface area contributed by atoms with Gasteiger partial charge in [0.05, 0.1) is 23.9 Å². The Balaban J connectivity index is 1.79. The van der Waals surface area contributed by atoms with Crippen molar-refractivity contribution in [2.75, 3.05) is 6.26 Å². The van der Waals surface area contributed by atoms with Crippen molar-refractivity contribution in [3.8, 4) is 0 Å². The third-order valence-electron chi connectivity index (χ3n) is 5.12. The van der Waals surface area contributed by atoms with E-state index in [0.717, 1.165) is 22.8 Å². The van der Waals surface area contributed by atoms with Gasteiger partial charge in [0.2, 0.25) is 5.91 Å². The second-order valence-corrected chi connectivity index (χ2v) is 7.72. The van der Waals surface area contributed by atoms with E-state index < -0.39 is 5.41 Å². The third kappa shape index (κ3) is 2.62. The molecule has 1 aromatic heterocycles. The van der Waals surface area contributed by atoms with Crippen molar-refractivity contribution in [1.29, 1.82) is 0 Å². The van der Waals surface area contributed by atoms with Crippen LogP contribution in [-0.4, -0.2) is 21.7 Å². The van der Waals surface area contributed by atoms with Gasteiger partial charge < -0.3 is 9.88 Å². The summed E-state index contributed by atoms with van der Waals surface area (Å²) in [5.41, 5.74) is 1.12. The number of nitrogens with one attached hydrogen (secondary N) is 1. The Morgan fingerprint density at radius 3 is 2.50 bits per heavy atom. The Morgan fingerprint density at radius 2 is 2.00 bits per heavy atom. The Morgan fingerprint density at radius 1 is 1.38 bits per heavy atom. The summed E-state index contributed by atoms with van der Waals surface area (Å²) in [6.45, 7) is 4.58. The zero-order chi connectivity index (χ0) is 17.5. The van der Waals surface area contributed by atoms with Crippen LogP contribution in [0.1, 0.15) is 31.5 Å². The largest absolute Gasteiger partial charge is 0.350 e. The molecule has 1 fully saturated rings. The van der Waals surface area contributed by atoms with E-state index >= 15 is 0 Å². The van der Waals surface area contributed by atoms with Gasteiger partial charge in [-0.15, -0.1) is 0 Å². The monoisotopic (exact) mass is 347 g/mol. The first-order valence-electron chi connectivity index (χ1n) is 7.91. The number of halogens is 1. The first kappa shape index (κ1) is 17.0. The molecule has 1 atom stereocenters. The predicted octanol–water partition coefficient (Wildman–Crippen LogP) is 3.27. The van der Waals surface area contributed by atoms with Gasteiger partial charge in [-0.2, -0.15) is 0 Å². The molecular formula is C18H22FN3OS. The summed E-state index contributed by atoms with van der Waals surface area (Å²) in [5, 5.41) is 3.96. The van der Waals surface area contributed by atoms with Crippen LogP contribution in [0.3, 0.4) is 0 Å². The fourth-order valence-electron chi connectivity index (χ4n) is 3.47. The van der Waals surface area contributed by atoms with Gasteiger partial charge in [-0.1, -0.05) is 37.7 Å². The van der Waals surface area contributed by atoms with E-state index in [0.29, 0.717) is 6.54 Å². The van der Waals surface area contributed by atoms with Gasteiger partial charge in [0.25, 0.3) is 0 Å². The molecule has 4 nitrogen and oxygen atoms in total. The molecule has 0 unspecified atom stereocenters. The molecule has 0 spiro atoms. The molecule has 0 radical (unpaired) electrons. The average Bonchev–Trinajstić information content (AvgIpc) is 2.96. The van der Waals surface area contributed by atoms with Crippen molar-refractivity contribution < 1.29 is 9.18 Å². The second-order valence-electron chi connectivity index (χ2n) is 6.95. The van der Waals surface area contributed by atoms with Gasteiger partial charge in [-0.25, -0.2) is 9.37 Å². The van der Waals surface area contributed by atoms with E-state index in [4.69, 9.17) is 0 Å². The lowest BCUT2D eigenvalue weighted by Crippen LogP contribution is -2.37. The van der Waals surface area contributed by atoms with Gasteiger partial charge in [0.1, 0.15) is 5.82 Å². The maximum Gasteiger partial charge on any atom is 0.231 e. The van der Waals surface area contributed by atoms with Crippen LogP contribution in [-0.2, 0) is 23.8 Å². The Kier molecular flexibility index (Phi) is 4.20. The third-order valence-corrected chi connectivity index (χ3v) is 5.86. The second kappa shape index (κ2) is 5.92. The predicted molar refractivity (Wildman–Crippen MR) is 93.3 cm³/mol. The van der Waals surface area contributed by atoms with Crippen molar-refractivity contribution in [3.05, 3.63) is 47.5 Å². The lowest BCUT2D eigenvalue weighted by Gasteiger charge is -2.21. The van der Waals surface area contributed by atoms with Gasteiger partial charge in [-0.3, -0.25) is 4.79 Å². The van der Waals surface area contributed by atoms with Crippen molar-refractivity contribution in [3.63, 3.8) is 0 Å². The molecule has 128 valence electrons. The quantitative estimate of drug-likeness (QED) is 0.845. The van der Waals surface area contributed by atoms with E-state index in [2.05, 4.69) is 24.1 Å². The molecule has 0 saturated heterocycles. The van der Waals surface area contributed by atoms with Crippen LogP contribution in [0.2, 0.25) is 0 Å². The number of imidazole rings is 1. The summed E-state index contributed by atoms with van der Waals surface area (Å²) in [4.78, 5) is 17.3. The lowest BCUT2D eigenvalue weighted by atomic mass is 9.87. The molecule has 1 heterocycles. The maximum absolute atomic E-state index is 13.2. The molecule has 1 aromatic carbocycles. The van der Waals surface area contributed by atoms with Crippen molar-refractivity contribution in [2.45, 2.75) is 37.4 Å². The molecule has 1 saturated carbocycles. The number of amides is 1. The number of carbonyl (C=O) groups is 1. The van der Waals surface area contributed by atoms with Crippen molar-refractivity contribution in [1.82, 2.24) is 14.9 Å². The number of rotatable bonds is 5. The Hall–Kier alpha value is -1.82. The van der Waals surface area contributed by atoms with Crippen LogP contribution >= 0.6 is 11.8 Å². The fraction of sp³-hybridized carbons (Fsp3) is 0.444. The number of hydrogen-bond donors (Lipinski definition) is 1. The van der Waals surface area contributed by atoms with Crippen LogP contribution in [0.25, 0.3) is 0 Å². The summed E-state index contributed by atoms with van der Waals surface area (Å²) in [7, 11) is 1.94. The van der Waals surface area contributed by atoms with Gasteiger partial charge in [0, 0.05) is 7.05 Å². The van der Waals surface area contributed by atoms with E-state index in [1.165, 1.54) is 12.1 Å². The molecule has 0 aliphatic heterocycles. The number of carbonyl (C=O) groups excluding carboxylic acids is 1. The van der Waals surface area contributed by atoms with Crippen LogP contribution in [0.5, 0.6) is 0 Å². The zero-order valence-corrected chi connectivity index (χ0v) is 15.2. The average molecular weight is 347 g/mol. The summed E-state index contributed by atoms with van der Waals surface area (Å²) in [6.07, 6.45) is 4.52. The van der Waals surface area contributed by atoms with E-state index in [1.54, 1.807) is 30.1 Å². The molecule has 1 aliphatic carbocycles. The smallest absolute Gasteiger partial charge is 0.231 e. The first-order chi connectivity index (χ1) is 11.3. The highest BCUT2D eigenvalue weighted by Gasteiger charge is 2.66. The molecule has 1 aliphatic rings. The summed E-state index contributed by atoms with van der Waals surface area (Å²) in [6, 6.07) is 6.29. The molecule has 0 bridgehead atoms. The van der Waals surface area contributed by atoms with Crippen LogP contribution in [0.4, 0.5) is 4.39 Å². The normalized spacial score (nSPS) is 21.5. The lowest BCUT2D eigenvalue weighted by molar-refractivity contribution is -0.124. The maximum atomic E-state index is 13.2. The van der Waals surface area contributed by atoms with Gasteiger partial charge in [0.15, 0.2) is 5.16 Å². The Labute approximate surface area is 145 Å². The van der Waals surface area contributed by atoms with Crippen LogP contribution in [0, 0.1) is 11.2 Å². The molecule has 1 N–H and O–H groups in total. The Bertz CT molecular complexity index is 769. The van der Waals surface area contributed by atoms with Gasteiger partial charge >= 0.3 is 0 Å². The number of thioether (sulfide) groups is 1. The summed E-state index contributed by atoms with van der Waals surface area (Å²) < 4.78 is 15.2. The van der Waals surface area contributed by atoms with E-state index in [1.807, 2.05) is 17.9 Å². The molecular weight excluding hydrogens is 325 g/mol. The number of hydrogen-bond acceptors (Lipinski definition) is 3. The van der Waals surface area contributed by atoms with E-state index in [-0.39, 0.29) is 17.1 Å². The highest BCUT2D eigenvalue weighted by molar-refractivity contribution is 7.98. The van der Waals surface area contributed by atoms with Crippen LogP contribution < -0.4 is 5.32 Å². The van der Waals surface area contributed by atoms with Gasteiger partial charge in [-0.05, 0) is 35.8 Å². The van der Waals surface area contributed by atoms with E-state index in [9.17, 15) is 9.18 Å². The summed E-state index contributed by atoms with van der Waals surface area (Å²) in [5.74, 6) is -0.293. The molecule has 24 heavy (non-hydrogen) atoms. The summed E-state index contributed by atoms with van der Waals surface area (Å²) >= 11 is 1.57. The number of aromatic nitrogens is 2. The van der Waals surface area contributed by atoms with Crippen molar-refractivity contribution >= 4 is 17.7 Å². The number of benzene rings is 1. The highest BCUT2D eigenvalue weighted by atomic mass is 32.2. The van der Waals surface area contributed by atoms with Crippen molar-refractivity contribution in [2.24, 2.45) is 12.5 Å². The fourth-order valence-corrected chi connectivity index (χ4v) is 4.02. The topological polar surface area (TPSA) is 46.9 Å². The molecule has 3 rings (SSSR count). The first-order valence-corrected chi connectivity index (χ1v) is 9.13. The standard InChI is InChI=1S/C18H22FN3OS/c1-17(2)11-18(17,12-5-7-13(19)8-6-12)15(23)20-9-14-10-21-16(24-4)22(14)3/h5-8,10H,9,11H2,1-4H3,(H,20,23)/t18-/m1/s1. The molecule has 1 amide bonds. The minimum absolute atomic E-state index is 0.00832. The minimum atomic E-state index is -0.582. The SMILES string of the molecule is CSc1ncc(CNC(=O)[C@]2(c3ccc(F)cc3)CC2(C)C)n1C.